The summed E-state index contributed by atoms with van der Waals surface area (Å²) >= 11 is 0. The fourth-order valence-corrected chi connectivity index (χ4v) is 4.85. The Hall–Kier alpha value is -3.93. The van der Waals surface area contributed by atoms with Crippen molar-refractivity contribution in [1.82, 2.24) is 0 Å². The highest BCUT2D eigenvalue weighted by Gasteiger charge is 2.47. The Morgan fingerprint density at radius 2 is 1.59 bits per heavy atom. The maximum atomic E-state index is 13.8. The van der Waals surface area contributed by atoms with Gasteiger partial charge in [0, 0.05) is 16.8 Å². The minimum atomic E-state index is -0.925. The minimum Gasteiger partial charge on any atom is -0.507 e. The molecule has 1 aliphatic rings. The van der Waals surface area contributed by atoms with Crippen LogP contribution in [0.5, 0.6) is 5.75 Å². The highest BCUT2D eigenvalue weighted by atomic mass is 19.1. The molecule has 1 N–H and O–H groups in total. The third-order valence-electron chi connectivity index (χ3n) is 6.48. The maximum Gasteiger partial charge on any atom is 0.300 e. The van der Waals surface area contributed by atoms with Gasteiger partial charge in [-0.2, -0.15) is 0 Å². The molecule has 1 amide bonds. The van der Waals surface area contributed by atoms with Gasteiger partial charge in [0.1, 0.15) is 17.3 Å². The topological polar surface area (TPSA) is 66.8 Å². The molecule has 3 aromatic carbocycles. The van der Waals surface area contributed by atoms with Gasteiger partial charge in [0.05, 0.1) is 18.2 Å². The van der Waals surface area contributed by atoms with Crippen molar-refractivity contribution in [2.75, 3.05) is 11.5 Å². The number of ether oxygens (including phenoxy) is 1. The van der Waals surface area contributed by atoms with Crippen molar-refractivity contribution in [2.24, 2.45) is 0 Å². The van der Waals surface area contributed by atoms with Gasteiger partial charge in [-0.15, -0.1) is 0 Å². The Balaban J connectivity index is 1.96. The number of Topliss-reactive ketones (excluding diaryl/α,β-unsaturated/α-hetero) is 1. The van der Waals surface area contributed by atoms with E-state index >= 15 is 0 Å². The van der Waals surface area contributed by atoms with E-state index in [9.17, 15) is 19.1 Å². The summed E-state index contributed by atoms with van der Waals surface area (Å²) in [5.41, 5.74) is 3.83. The molecule has 1 saturated heterocycles. The van der Waals surface area contributed by atoms with E-state index in [4.69, 9.17) is 4.74 Å². The van der Waals surface area contributed by atoms with Gasteiger partial charge in [0.2, 0.25) is 0 Å². The third kappa shape index (κ3) is 5.01. The first-order valence-electron chi connectivity index (χ1n) is 12.3. The van der Waals surface area contributed by atoms with Crippen LogP contribution in [0.3, 0.4) is 0 Å². The number of aliphatic hydroxyl groups excluding tert-OH is 1. The summed E-state index contributed by atoms with van der Waals surface area (Å²) in [6.45, 7) is 12.3. The standard InChI is InChI=1S/C31H32FNO4/c1-7-37-25-13-10-21(17-24(25)31(4,5)6)28(34)26-27(20-8-11-22(32)12-9-20)33(30(36)29(26)35)23-15-18(2)14-19(3)16-23/h8-17,27,34H,7H2,1-6H3/b28-26-. The molecule has 192 valence electrons. The largest absolute Gasteiger partial charge is 0.507 e. The molecule has 1 aliphatic heterocycles. The smallest absolute Gasteiger partial charge is 0.300 e. The number of hydrogen-bond acceptors (Lipinski definition) is 4. The van der Waals surface area contributed by atoms with Crippen LogP contribution < -0.4 is 9.64 Å². The van der Waals surface area contributed by atoms with E-state index in [2.05, 4.69) is 0 Å². The number of carbonyl (C=O) groups excluding carboxylic acids is 2. The van der Waals surface area contributed by atoms with E-state index in [-0.39, 0.29) is 16.7 Å². The molecule has 1 unspecified atom stereocenters. The molecule has 3 aromatic rings. The van der Waals surface area contributed by atoms with Gasteiger partial charge >= 0.3 is 0 Å². The molecule has 5 nitrogen and oxygen atoms in total. The van der Waals surface area contributed by atoms with Crippen molar-refractivity contribution in [3.8, 4) is 5.75 Å². The van der Waals surface area contributed by atoms with E-state index < -0.39 is 23.5 Å². The maximum absolute atomic E-state index is 13.8. The minimum absolute atomic E-state index is 0.0419. The van der Waals surface area contributed by atoms with Crippen LogP contribution in [0.15, 0.2) is 66.2 Å². The van der Waals surface area contributed by atoms with Crippen LogP contribution in [-0.2, 0) is 15.0 Å². The molecule has 6 heteroatoms. The quantitative estimate of drug-likeness (QED) is 0.238. The summed E-state index contributed by atoms with van der Waals surface area (Å²) < 4.78 is 19.6. The van der Waals surface area contributed by atoms with Gasteiger partial charge in [-0.3, -0.25) is 14.5 Å². The lowest BCUT2D eigenvalue weighted by molar-refractivity contribution is -0.132. The molecule has 0 radical (unpaired) electrons. The molecule has 0 bridgehead atoms. The Kier molecular flexibility index (Phi) is 6.96. The van der Waals surface area contributed by atoms with Crippen molar-refractivity contribution >= 4 is 23.1 Å². The summed E-state index contributed by atoms with van der Waals surface area (Å²) in [5.74, 6) is -1.57. The van der Waals surface area contributed by atoms with Crippen LogP contribution >= 0.6 is 0 Å². The van der Waals surface area contributed by atoms with Gasteiger partial charge in [-0.1, -0.05) is 39.0 Å². The molecule has 4 rings (SSSR count). The van der Waals surface area contributed by atoms with Crippen LogP contribution in [0, 0.1) is 19.7 Å². The fourth-order valence-electron chi connectivity index (χ4n) is 4.85. The fraction of sp³-hybridized carbons (Fsp3) is 0.290. The first-order chi connectivity index (χ1) is 17.4. The van der Waals surface area contributed by atoms with Crippen LogP contribution in [0.2, 0.25) is 0 Å². The molecule has 1 atom stereocenters. The Labute approximate surface area is 217 Å². The number of benzene rings is 3. The monoisotopic (exact) mass is 501 g/mol. The first kappa shape index (κ1) is 26.1. The second kappa shape index (κ2) is 9.85. The number of carbonyl (C=O) groups is 2. The zero-order valence-corrected chi connectivity index (χ0v) is 22.1. The Bertz CT molecular complexity index is 1380. The molecular formula is C31H32FNO4. The highest BCUT2D eigenvalue weighted by molar-refractivity contribution is 6.51. The number of hydrogen-bond donors (Lipinski definition) is 1. The van der Waals surface area contributed by atoms with E-state index in [1.165, 1.54) is 29.2 Å². The predicted molar refractivity (Wildman–Crippen MR) is 143 cm³/mol. The zero-order valence-electron chi connectivity index (χ0n) is 22.1. The van der Waals surface area contributed by atoms with Gasteiger partial charge < -0.3 is 9.84 Å². The van der Waals surface area contributed by atoms with Crippen LogP contribution in [0.1, 0.15) is 61.6 Å². The van der Waals surface area contributed by atoms with Crippen molar-refractivity contribution in [2.45, 2.75) is 53.0 Å². The number of aliphatic hydroxyl groups is 1. The zero-order chi connectivity index (χ0) is 27.1. The molecule has 37 heavy (non-hydrogen) atoms. The number of halogens is 1. The van der Waals surface area contributed by atoms with Crippen molar-refractivity contribution in [3.05, 3.63) is 99.9 Å². The summed E-state index contributed by atoms with van der Waals surface area (Å²) in [6, 6.07) is 15.6. The molecular weight excluding hydrogens is 469 g/mol. The van der Waals surface area contributed by atoms with Gasteiger partial charge in [0.15, 0.2) is 0 Å². The van der Waals surface area contributed by atoms with Crippen LogP contribution in [0.4, 0.5) is 10.1 Å². The first-order valence-corrected chi connectivity index (χ1v) is 12.3. The summed E-state index contributed by atoms with van der Waals surface area (Å²) in [5, 5.41) is 11.5. The molecule has 1 heterocycles. The highest BCUT2D eigenvalue weighted by Crippen LogP contribution is 2.43. The van der Waals surface area contributed by atoms with Gasteiger partial charge in [0.25, 0.3) is 11.7 Å². The third-order valence-corrected chi connectivity index (χ3v) is 6.48. The Morgan fingerprint density at radius 3 is 2.16 bits per heavy atom. The van der Waals surface area contributed by atoms with Crippen molar-refractivity contribution in [1.29, 1.82) is 0 Å². The molecule has 0 saturated carbocycles. The second-order valence-electron chi connectivity index (χ2n) is 10.5. The average Bonchev–Trinajstić information content (AvgIpc) is 3.08. The van der Waals surface area contributed by atoms with E-state index in [0.29, 0.717) is 29.2 Å². The van der Waals surface area contributed by atoms with E-state index in [1.807, 2.05) is 59.7 Å². The lowest BCUT2D eigenvalue weighted by Gasteiger charge is -2.26. The van der Waals surface area contributed by atoms with Crippen LogP contribution in [0.25, 0.3) is 5.76 Å². The van der Waals surface area contributed by atoms with Gasteiger partial charge in [-0.25, -0.2) is 4.39 Å². The Morgan fingerprint density at radius 1 is 0.973 bits per heavy atom. The predicted octanol–water partition coefficient (Wildman–Crippen LogP) is 6.77. The average molecular weight is 502 g/mol. The SMILES string of the molecule is CCOc1ccc(/C(O)=C2/C(=O)C(=O)N(c3cc(C)cc(C)c3)C2c2ccc(F)cc2)cc1C(C)(C)C. The normalized spacial score (nSPS) is 17.4. The van der Waals surface area contributed by atoms with Crippen molar-refractivity contribution < 1.29 is 23.8 Å². The second-order valence-corrected chi connectivity index (χ2v) is 10.5. The van der Waals surface area contributed by atoms with Gasteiger partial charge in [-0.05, 0) is 85.3 Å². The summed E-state index contributed by atoms with van der Waals surface area (Å²) in [6.07, 6.45) is 0. The molecule has 0 aromatic heterocycles. The summed E-state index contributed by atoms with van der Waals surface area (Å²) in [7, 11) is 0. The number of anilines is 1. The lowest BCUT2D eigenvalue weighted by atomic mass is 9.84. The number of aryl methyl sites for hydroxylation is 2. The van der Waals surface area contributed by atoms with E-state index in [1.54, 1.807) is 18.2 Å². The van der Waals surface area contributed by atoms with Crippen molar-refractivity contribution in [3.63, 3.8) is 0 Å². The number of rotatable bonds is 5. The molecule has 1 fully saturated rings. The lowest BCUT2D eigenvalue weighted by Crippen LogP contribution is -2.29. The van der Waals surface area contributed by atoms with E-state index in [0.717, 1.165) is 16.7 Å². The molecule has 0 aliphatic carbocycles. The summed E-state index contributed by atoms with van der Waals surface area (Å²) in [4.78, 5) is 28.3. The number of nitrogens with zero attached hydrogens (tertiary/aromatic N) is 1. The number of amides is 1. The van der Waals surface area contributed by atoms with Crippen LogP contribution in [-0.4, -0.2) is 23.4 Å². The number of ketones is 1. The molecule has 0 spiro atoms.